The van der Waals surface area contributed by atoms with E-state index in [0.29, 0.717) is 12.8 Å². The Balaban J connectivity index is 3.12. The van der Waals surface area contributed by atoms with E-state index in [1.54, 1.807) is 0 Å². The topological polar surface area (TPSA) is 34.1 Å². The molecule has 0 bridgehead atoms. The van der Waals surface area contributed by atoms with Crippen molar-refractivity contribution in [2.45, 2.75) is 38.5 Å². The third kappa shape index (κ3) is 9.73. The van der Waals surface area contributed by atoms with Gasteiger partial charge in [-0.05, 0) is 41.5 Å². The zero-order valence-corrected chi connectivity index (χ0v) is 9.88. The smallest absolute Gasteiger partial charge is 0.192 e. The maximum Gasteiger partial charge on any atom is 0.192 e. The van der Waals surface area contributed by atoms with Gasteiger partial charge in [-0.2, -0.15) is 0 Å². The highest BCUT2D eigenvalue weighted by Gasteiger charge is 1.97. The van der Waals surface area contributed by atoms with Crippen LogP contribution >= 0.6 is 22.6 Å². The van der Waals surface area contributed by atoms with Gasteiger partial charge in [0.15, 0.2) is 9.57 Å². The second-order valence-corrected chi connectivity index (χ2v) is 4.14. The molecular formula is C10H15IO2. The Morgan fingerprint density at radius 2 is 1.62 bits per heavy atom. The van der Waals surface area contributed by atoms with Gasteiger partial charge in [0.2, 0.25) is 0 Å². The Bertz CT molecular complexity index is 187. The molecule has 0 unspecified atom stereocenters. The lowest BCUT2D eigenvalue weighted by atomic mass is 10.1. The number of allylic oxidation sites excluding steroid dienone is 1. The summed E-state index contributed by atoms with van der Waals surface area (Å²) in [6, 6.07) is 0. The van der Waals surface area contributed by atoms with Crippen LogP contribution in [0.2, 0.25) is 0 Å². The molecule has 0 spiro atoms. The second kappa shape index (κ2) is 8.41. The third-order valence-electron chi connectivity index (χ3n) is 1.77. The molecule has 0 amide bonds. The Hall–Kier alpha value is -0.190. The molecule has 3 heteroatoms. The molecule has 0 aromatic heterocycles. The van der Waals surface area contributed by atoms with Gasteiger partial charge in [-0.15, -0.1) is 0 Å². The van der Waals surface area contributed by atoms with Crippen LogP contribution in [0.15, 0.2) is 12.7 Å². The molecule has 74 valence electrons. The lowest BCUT2D eigenvalue weighted by Gasteiger charge is -1.97. The molecule has 0 aromatic carbocycles. The van der Waals surface area contributed by atoms with Gasteiger partial charge in [-0.1, -0.05) is 19.4 Å². The van der Waals surface area contributed by atoms with Gasteiger partial charge in [0.1, 0.15) is 0 Å². The van der Waals surface area contributed by atoms with E-state index < -0.39 is 0 Å². The first-order chi connectivity index (χ1) is 6.16. The first-order valence-corrected chi connectivity index (χ1v) is 5.58. The molecule has 0 N–H and O–H groups in total. The van der Waals surface area contributed by atoms with Gasteiger partial charge in [0, 0.05) is 12.8 Å². The predicted molar refractivity (Wildman–Crippen MR) is 61.9 cm³/mol. The van der Waals surface area contributed by atoms with Crippen LogP contribution in [0.4, 0.5) is 0 Å². The zero-order chi connectivity index (χ0) is 10.1. The Morgan fingerprint density at radius 3 is 2.08 bits per heavy atom. The normalized spacial score (nSPS) is 9.62. The molecule has 0 rings (SSSR count). The molecule has 0 aliphatic carbocycles. The molecule has 2 nitrogen and oxygen atoms in total. The summed E-state index contributed by atoms with van der Waals surface area (Å²) in [7, 11) is 0. The standard InChI is InChI=1S/C10H15IO2/c1-2-9(12)7-5-3-4-6-8-10(11)13/h2H,1,3-8H2. The fourth-order valence-electron chi connectivity index (χ4n) is 1.02. The van der Waals surface area contributed by atoms with Gasteiger partial charge in [-0.3, -0.25) is 9.59 Å². The predicted octanol–water partition coefficient (Wildman–Crippen LogP) is 3.04. The van der Waals surface area contributed by atoms with Crippen molar-refractivity contribution < 1.29 is 9.59 Å². The van der Waals surface area contributed by atoms with Crippen molar-refractivity contribution in [1.29, 1.82) is 0 Å². The van der Waals surface area contributed by atoms with Gasteiger partial charge < -0.3 is 0 Å². The van der Waals surface area contributed by atoms with Gasteiger partial charge in [0.05, 0.1) is 0 Å². The van der Waals surface area contributed by atoms with Crippen LogP contribution in [-0.4, -0.2) is 9.57 Å². The number of unbranched alkanes of at least 4 members (excludes halogenated alkanes) is 3. The Labute approximate surface area is 92.9 Å². The van der Waals surface area contributed by atoms with Crippen molar-refractivity contribution in [1.82, 2.24) is 0 Å². The van der Waals surface area contributed by atoms with Crippen LogP contribution in [0.3, 0.4) is 0 Å². The summed E-state index contributed by atoms with van der Waals surface area (Å²) >= 11 is 1.81. The van der Waals surface area contributed by atoms with Gasteiger partial charge in [-0.25, -0.2) is 0 Å². The fourth-order valence-corrected chi connectivity index (χ4v) is 1.40. The summed E-state index contributed by atoms with van der Waals surface area (Å²) in [5.74, 6) is 0.116. The lowest BCUT2D eigenvalue weighted by molar-refractivity contribution is -0.114. The fraction of sp³-hybridized carbons (Fsp3) is 0.600. The van der Waals surface area contributed by atoms with Crippen LogP contribution in [0.5, 0.6) is 0 Å². The van der Waals surface area contributed by atoms with E-state index in [-0.39, 0.29) is 9.57 Å². The summed E-state index contributed by atoms with van der Waals surface area (Å²) in [5.41, 5.74) is 0. The number of hydrogen-bond donors (Lipinski definition) is 0. The van der Waals surface area contributed by atoms with Crippen molar-refractivity contribution in [3.63, 3.8) is 0 Å². The third-order valence-corrected chi connectivity index (χ3v) is 2.31. The molecule has 0 aliphatic heterocycles. The van der Waals surface area contributed by atoms with Crippen LogP contribution in [0.25, 0.3) is 0 Å². The average molecular weight is 294 g/mol. The number of carbonyl (C=O) groups is 2. The van der Waals surface area contributed by atoms with Crippen molar-refractivity contribution in [2.75, 3.05) is 0 Å². The van der Waals surface area contributed by atoms with Crippen LogP contribution in [-0.2, 0) is 9.59 Å². The van der Waals surface area contributed by atoms with E-state index in [0.717, 1.165) is 25.7 Å². The van der Waals surface area contributed by atoms with Gasteiger partial charge >= 0.3 is 0 Å². The lowest BCUT2D eigenvalue weighted by Crippen LogP contribution is -1.91. The first kappa shape index (κ1) is 12.8. The molecular weight excluding hydrogens is 279 g/mol. The monoisotopic (exact) mass is 294 g/mol. The van der Waals surface area contributed by atoms with E-state index in [2.05, 4.69) is 6.58 Å². The summed E-state index contributed by atoms with van der Waals surface area (Å²) < 4.78 is 0.222. The summed E-state index contributed by atoms with van der Waals surface area (Å²) in [5, 5.41) is 0. The number of carbonyl (C=O) groups excluding carboxylic acids is 2. The largest absolute Gasteiger partial charge is 0.295 e. The van der Waals surface area contributed by atoms with Crippen molar-refractivity contribution in [2.24, 2.45) is 0 Å². The number of rotatable bonds is 8. The quantitative estimate of drug-likeness (QED) is 0.298. The maximum absolute atomic E-state index is 10.8. The van der Waals surface area contributed by atoms with Crippen LogP contribution < -0.4 is 0 Å². The van der Waals surface area contributed by atoms with Gasteiger partial charge in [0.25, 0.3) is 0 Å². The highest BCUT2D eigenvalue weighted by molar-refractivity contribution is 14.1. The number of hydrogen-bond acceptors (Lipinski definition) is 2. The highest BCUT2D eigenvalue weighted by atomic mass is 127. The molecule has 0 radical (unpaired) electrons. The minimum Gasteiger partial charge on any atom is -0.295 e. The van der Waals surface area contributed by atoms with E-state index in [9.17, 15) is 9.59 Å². The van der Waals surface area contributed by atoms with E-state index in [4.69, 9.17) is 0 Å². The van der Waals surface area contributed by atoms with E-state index in [1.807, 2.05) is 22.6 Å². The Morgan fingerprint density at radius 1 is 1.08 bits per heavy atom. The van der Waals surface area contributed by atoms with Crippen LogP contribution in [0, 0.1) is 0 Å². The number of ketones is 1. The highest BCUT2D eigenvalue weighted by Crippen LogP contribution is 2.07. The van der Waals surface area contributed by atoms with Crippen molar-refractivity contribution in [3.05, 3.63) is 12.7 Å². The average Bonchev–Trinajstić information content (AvgIpc) is 2.10. The molecule has 0 heterocycles. The summed E-state index contributed by atoms with van der Waals surface area (Å²) in [6.45, 7) is 3.40. The van der Waals surface area contributed by atoms with Crippen molar-refractivity contribution in [3.8, 4) is 0 Å². The SMILES string of the molecule is C=CC(=O)CCCCCCC(=O)I. The molecule has 0 fully saturated rings. The van der Waals surface area contributed by atoms with E-state index in [1.165, 1.54) is 6.08 Å². The first-order valence-electron chi connectivity index (χ1n) is 4.50. The minimum atomic E-state index is 0.116. The second-order valence-electron chi connectivity index (χ2n) is 2.94. The zero-order valence-electron chi connectivity index (χ0n) is 7.72. The molecule has 0 saturated carbocycles. The number of halogens is 1. The molecule has 0 saturated heterocycles. The van der Waals surface area contributed by atoms with Crippen molar-refractivity contribution >= 4 is 32.2 Å². The summed E-state index contributed by atoms with van der Waals surface area (Å²) in [6.07, 6.45) is 6.57. The minimum absolute atomic E-state index is 0.116. The molecule has 0 aromatic rings. The summed E-state index contributed by atoms with van der Waals surface area (Å²) in [4.78, 5) is 21.3. The molecule has 0 atom stereocenters. The molecule has 0 aliphatic rings. The van der Waals surface area contributed by atoms with Crippen LogP contribution in [0.1, 0.15) is 38.5 Å². The Kier molecular flexibility index (Phi) is 8.29. The van der Waals surface area contributed by atoms with E-state index >= 15 is 0 Å². The molecule has 13 heavy (non-hydrogen) atoms. The maximum atomic E-state index is 10.8.